The quantitative estimate of drug-likeness (QED) is 0.529. The van der Waals surface area contributed by atoms with Crippen molar-refractivity contribution in [3.8, 4) is 10.6 Å². The summed E-state index contributed by atoms with van der Waals surface area (Å²) in [6.45, 7) is 4.10. The topological polar surface area (TPSA) is 54.9 Å². The van der Waals surface area contributed by atoms with Crippen molar-refractivity contribution in [2.75, 3.05) is 5.32 Å². The monoisotopic (exact) mass is 379 g/mol. The molecule has 2 aromatic heterocycles. The van der Waals surface area contributed by atoms with Crippen LogP contribution in [0.4, 0.5) is 5.13 Å². The van der Waals surface area contributed by atoms with Gasteiger partial charge in [-0.2, -0.15) is 0 Å². The molecular weight excluding hydrogens is 362 g/mol. The predicted octanol–water partition coefficient (Wildman–Crippen LogP) is 5.22. The summed E-state index contributed by atoms with van der Waals surface area (Å²) in [7, 11) is 0. The Morgan fingerprint density at radius 1 is 1.04 bits per heavy atom. The van der Waals surface area contributed by atoms with Gasteiger partial charge in [0.05, 0.1) is 22.3 Å². The van der Waals surface area contributed by atoms with Crippen molar-refractivity contribution in [3.63, 3.8) is 0 Å². The average Bonchev–Trinajstić information content (AvgIpc) is 3.27. The van der Waals surface area contributed by atoms with E-state index in [1.165, 1.54) is 16.9 Å². The lowest BCUT2D eigenvalue weighted by molar-refractivity contribution is -0.115. The molecule has 2 aromatic carbocycles. The first-order valence-corrected chi connectivity index (χ1v) is 9.96. The molecule has 0 unspecified atom stereocenters. The van der Waals surface area contributed by atoms with E-state index < -0.39 is 0 Å². The van der Waals surface area contributed by atoms with Crippen LogP contribution >= 0.6 is 22.7 Å². The molecule has 4 nitrogen and oxygen atoms in total. The van der Waals surface area contributed by atoms with Crippen LogP contribution in [-0.2, 0) is 11.2 Å². The Hall–Kier alpha value is -2.57. The maximum atomic E-state index is 12.4. The lowest BCUT2D eigenvalue weighted by Crippen LogP contribution is -2.14. The third-order valence-corrected chi connectivity index (χ3v) is 6.15. The summed E-state index contributed by atoms with van der Waals surface area (Å²) in [4.78, 5) is 21.5. The minimum atomic E-state index is -0.0933. The van der Waals surface area contributed by atoms with Gasteiger partial charge in [-0.3, -0.25) is 4.79 Å². The Bertz CT molecular complexity index is 1040. The number of aryl methyl sites for hydroxylation is 2. The van der Waals surface area contributed by atoms with Gasteiger partial charge in [-0.05, 0) is 25.0 Å². The van der Waals surface area contributed by atoms with Gasteiger partial charge in [0.2, 0.25) is 5.91 Å². The van der Waals surface area contributed by atoms with E-state index in [-0.39, 0.29) is 12.3 Å². The van der Waals surface area contributed by atoms with Crippen LogP contribution in [0.25, 0.3) is 20.8 Å². The average molecular weight is 380 g/mol. The molecule has 0 saturated heterocycles. The predicted molar refractivity (Wildman–Crippen MR) is 109 cm³/mol. The number of nitrogens with zero attached hydrogens (tertiary/aromatic N) is 2. The SMILES string of the molecule is Cc1ccc(C)c2sc(NC(=O)Cc3csc(-c4ccccc4)n3)nc12. The van der Waals surface area contributed by atoms with Gasteiger partial charge in [-0.25, -0.2) is 9.97 Å². The second-order valence-corrected chi connectivity index (χ2v) is 7.99. The number of hydrogen-bond donors (Lipinski definition) is 1. The molecule has 6 heteroatoms. The molecular formula is C20H17N3OS2. The minimum absolute atomic E-state index is 0.0933. The maximum Gasteiger partial charge on any atom is 0.232 e. The zero-order valence-electron chi connectivity index (χ0n) is 14.4. The van der Waals surface area contributed by atoms with Crippen molar-refractivity contribution in [1.82, 2.24) is 9.97 Å². The lowest BCUT2D eigenvalue weighted by Gasteiger charge is -1.99. The van der Waals surface area contributed by atoms with Gasteiger partial charge in [0.15, 0.2) is 5.13 Å². The van der Waals surface area contributed by atoms with E-state index in [0.29, 0.717) is 5.13 Å². The number of carbonyl (C=O) groups is 1. The summed E-state index contributed by atoms with van der Waals surface area (Å²) in [5.74, 6) is -0.0933. The van der Waals surface area contributed by atoms with Gasteiger partial charge in [0.25, 0.3) is 0 Å². The Balaban J connectivity index is 1.49. The number of hydrogen-bond acceptors (Lipinski definition) is 5. The van der Waals surface area contributed by atoms with Gasteiger partial charge in [0.1, 0.15) is 5.01 Å². The summed E-state index contributed by atoms with van der Waals surface area (Å²) < 4.78 is 1.13. The number of nitrogens with one attached hydrogen (secondary N) is 1. The van der Waals surface area contributed by atoms with Crippen LogP contribution in [-0.4, -0.2) is 15.9 Å². The lowest BCUT2D eigenvalue weighted by atomic mass is 10.1. The van der Waals surface area contributed by atoms with Crippen molar-refractivity contribution < 1.29 is 4.79 Å². The van der Waals surface area contributed by atoms with E-state index in [2.05, 4.69) is 34.3 Å². The van der Waals surface area contributed by atoms with Crippen LogP contribution in [0.1, 0.15) is 16.8 Å². The van der Waals surface area contributed by atoms with Crippen LogP contribution in [0.15, 0.2) is 47.8 Å². The molecule has 0 aliphatic heterocycles. The van der Waals surface area contributed by atoms with Gasteiger partial charge < -0.3 is 5.32 Å². The van der Waals surface area contributed by atoms with Gasteiger partial charge >= 0.3 is 0 Å². The number of benzene rings is 2. The highest BCUT2D eigenvalue weighted by Gasteiger charge is 2.13. The van der Waals surface area contributed by atoms with E-state index >= 15 is 0 Å². The summed E-state index contributed by atoms with van der Waals surface area (Å²) in [5, 5.41) is 6.43. The van der Waals surface area contributed by atoms with Crippen LogP contribution in [0.2, 0.25) is 0 Å². The molecule has 0 aliphatic rings. The van der Waals surface area contributed by atoms with Crippen molar-refractivity contribution in [3.05, 3.63) is 64.7 Å². The second-order valence-electron chi connectivity index (χ2n) is 6.13. The molecule has 26 heavy (non-hydrogen) atoms. The highest BCUT2D eigenvalue weighted by molar-refractivity contribution is 7.22. The molecule has 4 rings (SSSR count). The summed E-state index contributed by atoms with van der Waals surface area (Å²) >= 11 is 3.07. The number of amides is 1. The van der Waals surface area contributed by atoms with E-state index in [1.807, 2.05) is 42.6 Å². The highest BCUT2D eigenvalue weighted by atomic mass is 32.1. The number of thiazole rings is 2. The Morgan fingerprint density at radius 2 is 1.81 bits per heavy atom. The molecule has 0 atom stereocenters. The molecule has 130 valence electrons. The number of carbonyl (C=O) groups excluding carboxylic acids is 1. The first-order valence-electron chi connectivity index (χ1n) is 8.26. The molecule has 0 spiro atoms. The van der Waals surface area contributed by atoms with E-state index in [0.717, 1.165) is 32.0 Å². The zero-order chi connectivity index (χ0) is 18.1. The standard InChI is InChI=1S/C20H17N3OS2/c1-12-8-9-13(2)18-17(12)23-20(26-18)22-16(24)10-15-11-25-19(21-15)14-6-4-3-5-7-14/h3-9,11H,10H2,1-2H3,(H,22,23,24). The first-order chi connectivity index (χ1) is 12.6. The van der Waals surface area contributed by atoms with Crippen molar-refractivity contribution in [2.45, 2.75) is 20.3 Å². The number of rotatable bonds is 4. The Kier molecular flexibility index (Phi) is 4.53. The van der Waals surface area contributed by atoms with Crippen LogP contribution in [0.5, 0.6) is 0 Å². The maximum absolute atomic E-state index is 12.4. The molecule has 0 fully saturated rings. The van der Waals surface area contributed by atoms with Crippen LogP contribution < -0.4 is 5.32 Å². The fourth-order valence-corrected chi connectivity index (χ4v) is 4.60. The van der Waals surface area contributed by atoms with Crippen molar-refractivity contribution >= 4 is 43.9 Å². The molecule has 1 amide bonds. The molecule has 2 heterocycles. The Morgan fingerprint density at radius 3 is 2.58 bits per heavy atom. The van der Waals surface area contributed by atoms with E-state index in [9.17, 15) is 4.79 Å². The molecule has 0 saturated carbocycles. The number of anilines is 1. The van der Waals surface area contributed by atoms with E-state index in [1.54, 1.807) is 11.3 Å². The summed E-state index contributed by atoms with van der Waals surface area (Å²) in [5.41, 5.74) is 5.11. The second kappa shape index (κ2) is 6.97. The molecule has 0 aliphatic carbocycles. The normalized spacial score (nSPS) is 11.0. The minimum Gasteiger partial charge on any atom is -0.302 e. The number of aromatic nitrogens is 2. The Labute approximate surface area is 159 Å². The first kappa shape index (κ1) is 16.9. The van der Waals surface area contributed by atoms with Crippen molar-refractivity contribution in [1.29, 1.82) is 0 Å². The van der Waals surface area contributed by atoms with Crippen LogP contribution in [0, 0.1) is 13.8 Å². The number of fused-ring (bicyclic) bond motifs is 1. The van der Waals surface area contributed by atoms with Gasteiger partial charge in [-0.1, -0.05) is 53.8 Å². The van der Waals surface area contributed by atoms with E-state index in [4.69, 9.17) is 0 Å². The third kappa shape index (κ3) is 3.38. The van der Waals surface area contributed by atoms with Gasteiger partial charge in [0, 0.05) is 10.9 Å². The third-order valence-electron chi connectivity index (χ3n) is 4.10. The van der Waals surface area contributed by atoms with Crippen LogP contribution in [0.3, 0.4) is 0 Å². The molecule has 0 bridgehead atoms. The highest BCUT2D eigenvalue weighted by Crippen LogP contribution is 2.31. The smallest absolute Gasteiger partial charge is 0.232 e. The summed E-state index contributed by atoms with van der Waals surface area (Å²) in [6.07, 6.45) is 0.247. The molecule has 4 aromatic rings. The van der Waals surface area contributed by atoms with Crippen molar-refractivity contribution in [2.24, 2.45) is 0 Å². The molecule has 0 radical (unpaired) electrons. The van der Waals surface area contributed by atoms with Gasteiger partial charge in [-0.15, -0.1) is 11.3 Å². The largest absolute Gasteiger partial charge is 0.302 e. The fraction of sp³-hybridized carbons (Fsp3) is 0.150. The zero-order valence-corrected chi connectivity index (χ0v) is 16.1. The summed E-state index contributed by atoms with van der Waals surface area (Å²) in [6, 6.07) is 14.1. The fourth-order valence-electron chi connectivity index (χ4n) is 2.74. The molecule has 1 N–H and O–H groups in total.